The molecule has 106 valence electrons. The summed E-state index contributed by atoms with van der Waals surface area (Å²) in [5, 5.41) is 4.10. The molecule has 0 aliphatic carbocycles. The maximum absolute atomic E-state index is 12.0. The number of rotatable bonds is 4. The molecule has 1 rings (SSSR count). The number of carbonyl (C=O) groups excluding carboxylic acids is 1. The SMILES string of the molecule is CC(SCc1c(Cl)cccc1Cl)C(=O)NC(C)(C)C. The highest BCUT2D eigenvalue weighted by Gasteiger charge is 2.20. The van der Waals surface area contributed by atoms with Gasteiger partial charge < -0.3 is 5.32 Å². The van der Waals surface area contributed by atoms with Crippen LogP contribution in [0.5, 0.6) is 0 Å². The molecular weight excluding hydrogens is 301 g/mol. The van der Waals surface area contributed by atoms with Gasteiger partial charge in [0, 0.05) is 21.3 Å². The van der Waals surface area contributed by atoms with Crippen molar-refractivity contribution in [3.05, 3.63) is 33.8 Å². The highest BCUT2D eigenvalue weighted by atomic mass is 35.5. The second kappa shape index (κ2) is 6.87. The topological polar surface area (TPSA) is 29.1 Å². The first-order valence-corrected chi connectivity index (χ1v) is 7.87. The van der Waals surface area contributed by atoms with Gasteiger partial charge in [-0.05, 0) is 45.4 Å². The van der Waals surface area contributed by atoms with E-state index in [0.717, 1.165) is 5.56 Å². The van der Waals surface area contributed by atoms with Crippen molar-refractivity contribution in [1.29, 1.82) is 0 Å². The van der Waals surface area contributed by atoms with Gasteiger partial charge in [-0.15, -0.1) is 11.8 Å². The van der Waals surface area contributed by atoms with Crippen molar-refractivity contribution in [2.45, 2.75) is 44.2 Å². The maximum Gasteiger partial charge on any atom is 0.233 e. The van der Waals surface area contributed by atoms with Crippen LogP contribution in [0, 0.1) is 0 Å². The minimum Gasteiger partial charge on any atom is -0.351 e. The molecule has 1 amide bonds. The predicted molar refractivity (Wildman–Crippen MR) is 85.1 cm³/mol. The van der Waals surface area contributed by atoms with Crippen LogP contribution in [0.25, 0.3) is 0 Å². The third kappa shape index (κ3) is 5.64. The number of halogens is 2. The van der Waals surface area contributed by atoms with E-state index in [9.17, 15) is 4.79 Å². The molecule has 1 unspecified atom stereocenters. The number of benzene rings is 1. The first kappa shape index (κ1) is 16.7. The molecule has 1 aromatic carbocycles. The minimum atomic E-state index is -0.214. The van der Waals surface area contributed by atoms with Gasteiger partial charge in [-0.2, -0.15) is 0 Å². The third-order valence-corrected chi connectivity index (χ3v) is 4.28. The fourth-order valence-corrected chi connectivity index (χ4v) is 3.05. The first-order valence-electron chi connectivity index (χ1n) is 6.07. The molecule has 0 saturated carbocycles. The molecule has 5 heteroatoms. The van der Waals surface area contributed by atoms with Gasteiger partial charge in [0.2, 0.25) is 5.91 Å². The fraction of sp³-hybridized carbons (Fsp3) is 0.500. The number of nitrogens with one attached hydrogen (secondary N) is 1. The van der Waals surface area contributed by atoms with Crippen LogP contribution in [-0.4, -0.2) is 16.7 Å². The summed E-state index contributed by atoms with van der Waals surface area (Å²) < 4.78 is 0. The van der Waals surface area contributed by atoms with Crippen LogP contribution >= 0.6 is 35.0 Å². The van der Waals surface area contributed by atoms with E-state index in [1.807, 2.05) is 45.9 Å². The molecule has 19 heavy (non-hydrogen) atoms. The monoisotopic (exact) mass is 319 g/mol. The van der Waals surface area contributed by atoms with Crippen LogP contribution in [0.1, 0.15) is 33.3 Å². The summed E-state index contributed by atoms with van der Waals surface area (Å²) in [7, 11) is 0. The third-order valence-electron chi connectivity index (χ3n) is 2.41. The Hall–Kier alpha value is -0.380. The summed E-state index contributed by atoms with van der Waals surface area (Å²) >= 11 is 13.7. The molecule has 0 aliphatic rings. The Morgan fingerprint density at radius 1 is 1.32 bits per heavy atom. The molecule has 0 spiro atoms. The lowest BCUT2D eigenvalue weighted by Crippen LogP contribution is -2.44. The summed E-state index contributed by atoms with van der Waals surface area (Å²) in [5.74, 6) is 0.651. The van der Waals surface area contributed by atoms with Crippen molar-refractivity contribution in [3.63, 3.8) is 0 Å². The summed E-state index contributed by atoms with van der Waals surface area (Å²) in [6.45, 7) is 7.78. The highest BCUT2D eigenvalue weighted by molar-refractivity contribution is 7.99. The van der Waals surface area contributed by atoms with Crippen molar-refractivity contribution in [3.8, 4) is 0 Å². The molecule has 0 aliphatic heterocycles. The molecular formula is C14H19Cl2NOS. The van der Waals surface area contributed by atoms with E-state index in [4.69, 9.17) is 23.2 Å². The van der Waals surface area contributed by atoms with Crippen molar-refractivity contribution in [1.82, 2.24) is 5.32 Å². The van der Waals surface area contributed by atoms with Gasteiger partial charge in [0.05, 0.1) is 5.25 Å². The Balaban J connectivity index is 2.59. The highest BCUT2D eigenvalue weighted by Crippen LogP contribution is 2.29. The van der Waals surface area contributed by atoms with Gasteiger partial charge in [0.1, 0.15) is 0 Å². The average Bonchev–Trinajstić information content (AvgIpc) is 2.25. The second-order valence-electron chi connectivity index (χ2n) is 5.39. The molecule has 0 bridgehead atoms. The molecule has 2 nitrogen and oxygen atoms in total. The number of amides is 1. The van der Waals surface area contributed by atoms with Crippen LogP contribution in [0.3, 0.4) is 0 Å². The Morgan fingerprint density at radius 3 is 2.32 bits per heavy atom. The largest absolute Gasteiger partial charge is 0.351 e. The molecule has 0 aromatic heterocycles. The lowest BCUT2D eigenvalue weighted by molar-refractivity contribution is -0.121. The Bertz CT molecular complexity index is 437. The van der Waals surface area contributed by atoms with Crippen LogP contribution in [0.4, 0.5) is 0 Å². The summed E-state index contributed by atoms with van der Waals surface area (Å²) in [4.78, 5) is 12.0. The molecule has 0 radical (unpaired) electrons. The molecule has 1 aromatic rings. The second-order valence-corrected chi connectivity index (χ2v) is 7.54. The lowest BCUT2D eigenvalue weighted by atomic mass is 10.1. The van der Waals surface area contributed by atoms with E-state index in [2.05, 4.69) is 5.32 Å². The number of hydrogen-bond acceptors (Lipinski definition) is 2. The molecule has 0 heterocycles. The van der Waals surface area contributed by atoms with Crippen molar-refractivity contribution in [2.75, 3.05) is 0 Å². The summed E-state index contributed by atoms with van der Waals surface area (Å²) in [6, 6.07) is 5.43. The maximum atomic E-state index is 12.0. The van der Waals surface area contributed by atoms with E-state index in [1.165, 1.54) is 11.8 Å². The van der Waals surface area contributed by atoms with Crippen molar-refractivity contribution < 1.29 is 4.79 Å². The van der Waals surface area contributed by atoms with Gasteiger partial charge in [0.25, 0.3) is 0 Å². The van der Waals surface area contributed by atoms with Gasteiger partial charge in [-0.1, -0.05) is 29.3 Å². The smallest absolute Gasteiger partial charge is 0.233 e. The van der Waals surface area contributed by atoms with E-state index in [-0.39, 0.29) is 16.7 Å². The molecule has 1 atom stereocenters. The Morgan fingerprint density at radius 2 is 1.84 bits per heavy atom. The summed E-state index contributed by atoms with van der Waals surface area (Å²) in [6.07, 6.45) is 0. The molecule has 0 fully saturated rings. The molecule has 0 saturated heterocycles. The van der Waals surface area contributed by atoms with Gasteiger partial charge >= 0.3 is 0 Å². The zero-order chi connectivity index (χ0) is 14.6. The van der Waals surface area contributed by atoms with Crippen LogP contribution in [0.15, 0.2) is 18.2 Å². The van der Waals surface area contributed by atoms with Crippen molar-refractivity contribution >= 4 is 40.9 Å². The van der Waals surface area contributed by atoms with E-state index in [0.29, 0.717) is 15.8 Å². The quantitative estimate of drug-likeness (QED) is 0.883. The standard InChI is InChI=1S/C14H19Cl2NOS/c1-9(13(18)17-14(2,3)4)19-8-10-11(15)6-5-7-12(10)16/h5-7,9H,8H2,1-4H3,(H,17,18). The van der Waals surface area contributed by atoms with Gasteiger partial charge in [0.15, 0.2) is 0 Å². The predicted octanol–water partition coefficient (Wildman–Crippen LogP) is 4.53. The lowest BCUT2D eigenvalue weighted by Gasteiger charge is -2.23. The number of hydrogen-bond donors (Lipinski definition) is 1. The van der Waals surface area contributed by atoms with Crippen LogP contribution in [-0.2, 0) is 10.5 Å². The fourth-order valence-electron chi connectivity index (χ4n) is 1.43. The Labute approximate surface area is 129 Å². The van der Waals surface area contributed by atoms with E-state index < -0.39 is 0 Å². The van der Waals surface area contributed by atoms with Gasteiger partial charge in [-0.25, -0.2) is 0 Å². The minimum absolute atomic E-state index is 0.0284. The number of carbonyl (C=O) groups is 1. The Kier molecular flexibility index (Phi) is 6.03. The summed E-state index contributed by atoms with van der Waals surface area (Å²) in [5.41, 5.74) is 0.666. The normalized spacial score (nSPS) is 13.2. The zero-order valence-electron chi connectivity index (χ0n) is 11.6. The van der Waals surface area contributed by atoms with E-state index >= 15 is 0 Å². The van der Waals surface area contributed by atoms with Crippen molar-refractivity contribution in [2.24, 2.45) is 0 Å². The first-order chi connectivity index (χ1) is 8.70. The van der Waals surface area contributed by atoms with E-state index in [1.54, 1.807) is 0 Å². The average molecular weight is 320 g/mol. The van der Waals surface area contributed by atoms with Crippen LogP contribution < -0.4 is 5.32 Å². The number of thioether (sulfide) groups is 1. The zero-order valence-corrected chi connectivity index (χ0v) is 13.9. The van der Waals surface area contributed by atoms with Gasteiger partial charge in [-0.3, -0.25) is 4.79 Å². The van der Waals surface area contributed by atoms with Crippen LogP contribution in [0.2, 0.25) is 10.0 Å². The molecule has 1 N–H and O–H groups in total.